The maximum atomic E-state index is 12.6. The van der Waals surface area contributed by atoms with Gasteiger partial charge in [-0.1, -0.05) is 18.3 Å². The molecule has 8 heteroatoms. The third kappa shape index (κ3) is 4.07. The fraction of sp³-hybridized carbons (Fsp3) is 0.455. The Bertz CT molecular complexity index is 1050. The molecule has 2 aromatic rings. The number of rotatable bonds is 3. The van der Waals surface area contributed by atoms with Gasteiger partial charge in [-0.05, 0) is 50.3 Å². The van der Waals surface area contributed by atoms with Gasteiger partial charge in [0, 0.05) is 37.0 Å². The molecule has 0 aromatic carbocycles. The zero-order valence-electron chi connectivity index (χ0n) is 17.0. The highest BCUT2D eigenvalue weighted by molar-refractivity contribution is 5.91. The molecular formula is C22H25N5O3. The predicted octanol–water partition coefficient (Wildman–Crippen LogP) is 1.36. The number of amides is 2. The zero-order valence-corrected chi connectivity index (χ0v) is 17.0. The molecule has 2 aromatic heterocycles. The minimum atomic E-state index is -1.69. The Morgan fingerprint density at radius 3 is 2.83 bits per heavy atom. The second-order valence-corrected chi connectivity index (χ2v) is 8.06. The number of hydrogen-bond acceptors (Lipinski definition) is 5. The minimum Gasteiger partial charge on any atom is -0.369 e. The van der Waals surface area contributed by atoms with E-state index < -0.39 is 11.5 Å². The van der Waals surface area contributed by atoms with E-state index in [9.17, 15) is 14.7 Å². The summed E-state index contributed by atoms with van der Waals surface area (Å²) in [5, 5.41) is 15.2. The van der Waals surface area contributed by atoms with Crippen molar-refractivity contribution in [3.05, 3.63) is 41.3 Å². The number of hydrogen-bond donors (Lipinski definition) is 2. The first-order valence-corrected chi connectivity index (χ1v) is 10.2. The van der Waals surface area contributed by atoms with Crippen LogP contribution in [-0.4, -0.2) is 55.8 Å². The quantitative estimate of drug-likeness (QED) is 0.746. The van der Waals surface area contributed by atoms with E-state index in [2.05, 4.69) is 21.9 Å². The number of aliphatic hydroxyl groups is 1. The lowest BCUT2D eigenvalue weighted by molar-refractivity contribution is -0.145. The number of nitrogens with two attached hydrogens (primary N) is 1. The Labute approximate surface area is 175 Å². The van der Waals surface area contributed by atoms with Crippen molar-refractivity contribution < 1.29 is 14.7 Å². The van der Waals surface area contributed by atoms with Crippen LogP contribution in [0, 0.1) is 11.8 Å². The maximum absolute atomic E-state index is 12.6. The van der Waals surface area contributed by atoms with Crippen LogP contribution in [0.15, 0.2) is 24.4 Å². The van der Waals surface area contributed by atoms with Crippen molar-refractivity contribution in [2.45, 2.75) is 50.0 Å². The van der Waals surface area contributed by atoms with E-state index in [0.717, 1.165) is 37.8 Å². The molecule has 0 spiro atoms. The van der Waals surface area contributed by atoms with Crippen LogP contribution >= 0.6 is 0 Å². The first-order chi connectivity index (χ1) is 14.4. The van der Waals surface area contributed by atoms with Gasteiger partial charge in [0.05, 0.1) is 0 Å². The first kappa shape index (κ1) is 20.1. The summed E-state index contributed by atoms with van der Waals surface area (Å²) < 4.78 is 1.63. The van der Waals surface area contributed by atoms with Gasteiger partial charge in [0.15, 0.2) is 11.5 Å². The van der Waals surface area contributed by atoms with Crippen LogP contribution in [-0.2, 0) is 4.79 Å². The Morgan fingerprint density at radius 1 is 1.30 bits per heavy atom. The molecule has 1 unspecified atom stereocenters. The largest absolute Gasteiger partial charge is 0.369 e. The Hall–Kier alpha value is -3.18. The fourth-order valence-electron chi connectivity index (χ4n) is 3.70. The van der Waals surface area contributed by atoms with Gasteiger partial charge in [0.25, 0.3) is 11.8 Å². The molecule has 1 aliphatic carbocycles. The van der Waals surface area contributed by atoms with E-state index in [1.54, 1.807) is 41.0 Å². The summed E-state index contributed by atoms with van der Waals surface area (Å²) in [6.07, 6.45) is 6.61. The van der Waals surface area contributed by atoms with E-state index in [0.29, 0.717) is 30.3 Å². The predicted molar refractivity (Wildman–Crippen MR) is 110 cm³/mol. The lowest BCUT2D eigenvalue weighted by Gasteiger charge is -2.29. The molecule has 3 heterocycles. The molecule has 8 nitrogen and oxygen atoms in total. The Morgan fingerprint density at radius 2 is 2.10 bits per heavy atom. The van der Waals surface area contributed by atoms with Gasteiger partial charge in [0.1, 0.15) is 0 Å². The van der Waals surface area contributed by atoms with E-state index in [4.69, 9.17) is 5.73 Å². The number of likely N-dealkylation sites (tertiary alicyclic amines) is 1. The average molecular weight is 407 g/mol. The van der Waals surface area contributed by atoms with Gasteiger partial charge in [-0.15, -0.1) is 0 Å². The lowest BCUT2D eigenvalue weighted by atomic mass is 9.92. The average Bonchev–Trinajstić information content (AvgIpc) is 3.48. The van der Waals surface area contributed by atoms with E-state index in [-0.39, 0.29) is 11.6 Å². The molecule has 2 fully saturated rings. The summed E-state index contributed by atoms with van der Waals surface area (Å²) in [5.74, 6) is 5.65. The number of nitrogens with zero attached hydrogens (tertiary/aromatic N) is 4. The van der Waals surface area contributed by atoms with Crippen molar-refractivity contribution in [1.82, 2.24) is 19.7 Å². The molecule has 156 valence electrons. The van der Waals surface area contributed by atoms with Crippen molar-refractivity contribution >= 4 is 11.8 Å². The summed E-state index contributed by atoms with van der Waals surface area (Å²) in [7, 11) is 1.69. The molecule has 0 radical (unpaired) electrons. The number of carbonyl (C=O) groups is 2. The highest BCUT2D eigenvalue weighted by atomic mass is 16.3. The van der Waals surface area contributed by atoms with Gasteiger partial charge in [-0.25, -0.2) is 9.67 Å². The smallest absolute Gasteiger partial charge is 0.269 e. The van der Waals surface area contributed by atoms with Crippen molar-refractivity contribution in [3.63, 3.8) is 0 Å². The summed E-state index contributed by atoms with van der Waals surface area (Å²) >= 11 is 0. The van der Waals surface area contributed by atoms with Gasteiger partial charge in [0.2, 0.25) is 5.60 Å². The second kappa shape index (κ2) is 7.92. The summed E-state index contributed by atoms with van der Waals surface area (Å²) in [4.78, 5) is 30.1. The fourth-order valence-corrected chi connectivity index (χ4v) is 3.70. The molecule has 3 N–H and O–H groups in total. The minimum absolute atomic E-state index is 0.202. The molecule has 2 amide bonds. The van der Waals surface area contributed by atoms with Gasteiger partial charge in [-0.2, -0.15) is 5.10 Å². The van der Waals surface area contributed by atoms with Crippen molar-refractivity contribution in [3.8, 4) is 17.7 Å². The normalized spacial score (nSPS) is 22.1. The van der Waals surface area contributed by atoms with Crippen LogP contribution in [0.2, 0.25) is 0 Å². The van der Waals surface area contributed by atoms with Crippen LogP contribution in [0.3, 0.4) is 0 Å². The van der Waals surface area contributed by atoms with Gasteiger partial charge < -0.3 is 15.7 Å². The number of carbonyl (C=O) groups excluding carboxylic acids is 2. The van der Waals surface area contributed by atoms with E-state index >= 15 is 0 Å². The Balaban J connectivity index is 1.65. The van der Waals surface area contributed by atoms with E-state index in [1.165, 1.54) is 0 Å². The number of likely N-dealkylation sites (N-methyl/N-ethyl adjacent to an activating group) is 1. The topological polar surface area (TPSA) is 114 Å². The van der Waals surface area contributed by atoms with Crippen LogP contribution in [0.5, 0.6) is 0 Å². The monoisotopic (exact) mass is 407 g/mol. The standard InChI is InChI=1S/C22H25N5O3/c1-26-12-4-2-3-9-22(30,21(26)29)10-7-15-8-11-24-19(13-15)27-18(16-5-6-16)14-17(25-27)20(23)28/h8,11,13-14,16,30H,2-6,9,12H2,1H3,(H2,23,28). The highest BCUT2D eigenvalue weighted by Crippen LogP contribution is 2.41. The van der Waals surface area contributed by atoms with Crippen LogP contribution in [0.1, 0.15) is 66.2 Å². The van der Waals surface area contributed by atoms with Crippen molar-refractivity contribution in [2.24, 2.45) is 5.73 Å². The molecule has 1 saturated carbocycles. The first-order valence-electron chi connectivity index (χ1n) is 10.2. The maximum Gasteiger partial charge on any atom is 0.269 e. The van der Waals surface area contributed by atoms with Gasteiger partial charge in [-0.3, -0.25) is 9.59 Å². The number of pyridine rings is 1. The summed E-state index contributed by atoms with van der Waals surface area (Å²) in [5.41, 5.74) is 5.41. The molecule has 2 aliphatic rings. The highest BCUT2D eigenvalue weighted by Gasteiger charge is 2.37. The zero-order chi connectivity index (χ0) is 21.3. The number of primary amides is 1. The molecule has 30 heavy (non-hydrogen) atoms. The summed E-state index contributed by atoms with van der Waals surface area (Å²) in [6, 6.07) is 5.16. The van der Waals surface area contributed by atoms with Crippen molar-refractivity contribution in [2.75, 3.05) is 13.6 Å². The van der Waals surface area contributed by atoms with Gasteiger partial charge >= 0.3 is 0 Å². The molecular weight excluding hydrogens is 382 g/mol. The van der Waals surface area contributed by atoms with Crippen LogP contribution in [0.25, 0.3) is 5.82 Å². The van der Waals surface area contributed by atoms with Crippen LogP contribution in [0.4, 0.5) is 0 Å². The molecule has 1 atom stereocenters. The lowest BCUT2D eigenvalue weighted by Crippen LogP contribution is -2.48. The number of aromatic nitrogens is 3. The molecule has 1 aliphatic heterocycles. The second-order valence-electron chi connectivity index (χ2n) is 8.06. The SMILES string of the molecule is CN1CCCCCC(O)(C#Cc2ccnc(-n3nc(C(N)=O)cc3C3CC3)c2)C1=O. The summed E-state index contributed by atoms with van der Waals surface area (Å²) in [6.45, 7) is 0.619. The molecule has 1 saturated heterocycles. The molecule has 4 rings (SSSR count). The third-order valence-electron chi connectivity index (χ3n) is 5.59. The van der Waals surface area contributed by atoms with E-state index in [1.807, 2.05) is 0 Å². The van der Waals surface area contributed by atoms with Crippen LogP contribution < -0.4 is 5.73 Å². The Kier molecular flexibility index (Phi) is 5.31. The van der Waals surface area contributed by atoms with Crippen molar-refractivity contribution in [1.29, 1.82) is 0 Å². The third-order valence-corrected chi connectivity index (χ3v) is 5.59. The molecule has 0 bridgehead atoms.